The highest BCUT2D eigenvalue weighted by Crippen LogP contribution is 2.35. The lowest BCUT2D eigenvalue weighted by Gasteiger charge is -2.37. The Bertz CT molecular complexity index is 639. The van der Waals surface area contributed by atoms with Gasteiger partial charge in [0.15, 0.2) is 0 Å². The summed E-state index contributed by atoms with van der Waals surface area (Å²) in [4.78, 5) is 14.9. The molecule has 1 aromatic carbocycles. The molecular weight excluding hydrogens is 310 g/mol. The van der Waals surface area contributed by atoms with E-state index in [1.54, 1.807) is 18.4 Å². The van der Waals surface area contributed by atoms with Gasteiger partial charge in [0.05, 0.1) is 19.1 Å². The Morgan fingerprint density at radius 3 is 2.74 bits per heavy atom. The van der Waals surface area contributed by atoms with Gasteiger partial charge < -0.3 is 9.84 Å². The minimum atomic E-state index is -0.686. The van der Waals surface area contributed by atoms with Crippen LogP contribution < -0.4 is 4.74 Å². The number of piperidine rings is 1. The van der Waals surface area contributed by atoms with Crippen molar-refractivity contribution in [3.05, 3.63) is 52.2 Å². The van der Waals surface area contributed by atoms with Crippen molar-refractivity contribution in [3.63, 3.8) is 0 Å². The molecule has 0 saturated carbocycles. The monoisotopic (exact) mass is 331 g/mol. The summed E-state index contributed by atoms with van der Waals surface area (Å²) in [6, 6.07) is 12.4. The van der Waals surface area contributed by atoms with E-state index in [0.717, 1.165) is 25.1 Å². The maximum atomic E-state index is 11.4. The second-order valence-electron chi connectivity index (χ2n) is 5.86. The van der Waals surface area contributed by atoms with Crippen LogP contribution in [0.25, 0.3) is 0 Å². The van der Waals surface area contributed by atoms with Crippen LogP contribution in [0.1, 0.15) is 29.3 Å². The van der Waals surface area contributed by atoms with E-state index in [2.05, 4.69) is 34.5 Å². The first-order valence-electron chi connectivity index (χ1n) is 7.83. The van der Waals surface area contributed by atoms with Crippen molar-refractivity contribution in [1.82, 2.24) is 4.90 Å². The van der Waals surface area contributed by atoms with Gasteiger partial charge in [-0.05, 0) is 48.5 Å². The van der Waals surface area contributed by atoms with Gasteiger partial charge >= 0.3 is 5.97 Å². The van der Waals surface area contributed by atoms with Crippen molar-refractivity contribution in [2.24, 2.45) is 5.92 Å². The third-order valence-electron chi connectivity index (χ3n) is 4.41. The van der Waals surface area contributed by atoms with E-state index in [9.17, 15) is 9.90 Å². The minimum Gasteiger partial charge on any atom is -0.497 e. The minimum absolute atomic E-state index is 0.114. The standard InChI is InChI=1S/C18H21NO3S/c1-22-15-8-6-13(7-9-15)17(16-5-3-11-23-16)19-10-2-4-14(12-19)18(20)21/h3,5-9,11,14,17H,2,4,10,12H2,1H3,(H,20,21). The van der Waals surface area contributed by atoms with E-state index in [-0.39, 0.29) is 12.0 Å². The Morgan fingerprint density at radius 2 is 2.13 bits per heavy atom. The number of carboxylic acids is 1. The van der Waals surface area contributed by atoms with Crippen molar-refractivity contribution in [2.75, 3.05) is 20.2 Å². The van der Waals surface area contributed by atoms with Crippen molar-refractivity contribution in [2.45, 2.75) is 18.9 Å². The average molecular weight is 331 g/mol. The van der Waals surface area contributed by atoms with Crippen LogP contribution in [0.3, 0.4) is 0 Å². The topological polar surface area (TPSA) is 49.8 Å². The summed E-state index contributed by atoms with van der Waals surface area (Å²) < 4.78 is 5.24. The normalized spacial score (nSPS) is 20.1. The van der Waals surface area contributed by atoms with Crippen molar-refractivity contribution >= 4 is 17.3 Å². The Kier molecular flexibility index (Phi) is 4.98. The number of methoxy groups -OCH3 is 1. The number of likely N-dealkylation sites (tertiary alicyclic amines) is 1. The van der Waals surface area contributed by atoms with Gasteiger partial charge in [-0.25, -0.2) is 0 Å². The largest absolute Gasteiger partial charge is 0.497 e. The Labute approximate surface area is 140 Å². The molecule has 2 heterocycles. The van der Waals surface area contributed by atoms with Gasteiger partial charge in [0, 0.05) is 11.4 Å². The van der Waals surface area contributed by atoms with Crippen molar-refractivity contribution < 1.29 is 14.6 Å². The number of aliphatic carboxylic acids is 1. The fourth-order valence-electron chi connectivity index (χ4n) is 3.23. The molecule has 4 nitrogen and oxygen atoms in total. The molecule has 2 aromatic rings. The molecule has 1 aromatic heterocycles. The summed E-state index contributed by atoms with van der Waals surface area (Å²) >= 11 is 1.72. The fourth-order valence-corrected chi connectivity index (χ4v) is 4.12. The fraction of sp³-hybridized carbons (Fsp3) is 0.389. The first kappa shape index (κ1) is 16.0. The van der Waals surface area contributed by atoms with Gasteiger partial charge in [-0.15, -0.1) is 11.3 Å². The molecule has 3 rings (SSSR count). The lowest BCUT2D eigenvalue weighted by atomic mass is 9.94. The number of benzene rings is 1. The van der Waals surface area contributed by atoms with Gasteiger partial charge in [0.2, 0.25) is 0 Å². The van der Waals surface area contributed by atoms with Crippen LogP contribution in [-0.4, -0.2) is 36.2 Å². The predicted octanol–water partition coefficient (Wildman–Crippen LogP) is 3.64. The van der Waals surface area contributed by atoms with Crippen LogP contribution in [0.15, 0.2) is 41.8 Å². The number of hydrogen-bond donors (Lipinski definition) is 1. The van der Waals surface area contributed by atoms with Gasteiger partial charge in [0.1, 0.15) is 5.75 Å². The number of hydrogen-bond acceptors (Lipinski definition) is 4. The van der Waals surface area contributed by atoms with Gasteiger partial charge in [0.25, 0.3) is 0 Å². The Hall–Kier alpha value is -1.85. The molecule has 1 aliphatic heterocycles. The molecular formula is C18H21NO3S. The van der Waals surface area contributed by atoms with Crippen LogP contribution in [0.4, 0.5) is 0 Å². The lowest BCUT2D eigenvalue weighted by molar-refractivity contribution is -0.143. The van der Waals surface area contributed by atoms with E-state index < -0.39 is 5.97 Å². The van der Waals surface area contributed by atoms with Gasteiger partial charge in [-0.3, -0.25) is 9.69 Å². The highest BCUT2D eigenvalue weighted by molar-refractivity contribution is 7.10. The van der Waals surface area contributed by atoms with Crippen LogP contribution in [-0.2, 0) is 4.79 Å². The average Bonchev–Trinajstić information content (AvgIpc) is 3.10. The van der Waals surface area contributed by atoms with Gasteiger partial charge in [-0.2, -0.15) is 0 Å². The molecule has 2 unspecified atom stereocenters. The smallest absolute Gasteiger partial charge is 0.307 e. The molecule has 0 bridgehead atoms. The molecule has 1 N–H and O–H groups in total. The zero-order valence-corrected chi connectivity index (χ0v) is 14.0. The maximum absolute atomic E-state index is 11.4. The maximum Gasteiger partial charge on any atom is 0.307 e. The SMILES string of the molecule is COc1ccc(C(c2cccs2)N2CCCC(C(=O)O)C2)cc1. The lowest BCUT2D eigenvalue weighted by Crippen LogP contribution is -2.41. The van der Waals surface area contributed by atoms with E-state index in [1.807, 2.05) is 12.1 Å². The highest BCUT2D eigenvalue weighted by Gasteiger charge is 2.31. The molecule has 0 aliphatic carbocycles. The number of carbonyl (C=O) groups is 1. The van der Waals surface area contributed by atoms with Crippen molar-refractivity contribution in [1.29, 1.82) is 0 Å². The highest BCUT2D eigenvalue weighted by atomic mass is 32.1. The van der Waals surface area contributed by atoms with Crippen LogP contribution >= 0.6 is 11.3 Å². The number of nitrogens with zero attached hydrogens (tertiary/aromatic N) is 1. The second-order valence-corrected chi connectivity index (χ2v) is 6.84. The molecule has 5 heteroatoms. The zero-order valence-electron chi connectivity index (χ0n) is 13.1. The van der Waals surface area contributed by atoms with E-state index >= 15 is 0 Å². The second kappa shape index (κ2) is 7.15. The summed E-state index contributed by atoms with van der Waals surface area (Å²) in [6.07, 6.45) is 1.70. The van der Waals surface area contributed by atoms with Gasteiger partial charge in [-0.1, -0.05) is 18.2 Å². The summed E-state index contributed by atoms with van der Waals surface area (Å²) in [7, 11) is 1.66. The number of thiophene rings is 1. The van der Waals surface area contributed by atoms with Crippen molar-refractivity contribution in [3.8, 4) is 5.75 Å². The zero-order chi connectivity index (χ0) is 16.2. The van der Waals surface area contributed by atoms with E-state index in [1.165, 1.54) is 10.4 Å². The molecule has 0 spiro atoms. The van der Waals surface area contributed by atoms with E-state index in [0.29, 0.717) is 6.54 Å². The molecule has 122 valence electrons. The molecule has 0 amide bonds. The Morgan fingerprint density at radius 1 is 1.35 bits per heavy atom. The van der Waals surface area contributed by atoms with E-state index in [4.69, 9.17) is 4.74 Å². The Balaban J connectivity index is 1.90. The summed E-state index contributed by atoms with van der Waals surface area (Å²) in [6.45, 7) is 1.53. The molecule has 1 fully saturated rings. The third kappa shape index (κ3) is 3.57. The van der Waals surface area contributed by atoms with Crippen LogP contribution in [0.2, 0.25) is 0 Å². The quantitative estimate of drug-likeness (QED) is 0.909. The predicted molar refractivity (Wildman–Crippen MR) is 91.1 cm³/mol. The molecule has 0 radical (unpaired) electrons. The number of ether oxygens (including phenoxy) is 1. The molecule has 1 saturated heterocycles. The molecule has 1 aliphatic rings. The molecule has 23 heavy (non-hydrogen) atoms. The first-order chi connectivity index (χ1) is 11.2. The summed E-state index contributed by atoms with van der Waals surface area (Å²) in [5.41, 5.74) is 1.18. The van der Waals surface area contributed by atoms with Crippen LogP contribution in [0, 0.1) is 5.92 Å². The number of rotatable bonds is 5. The molecule has 2 atom stereocenters. The summed E-state index contributed by atoms with van der Waals surface area (Å²) in [5, 5.41) is 11.4. The summed E-state index contributed by atoms with van der Waals surface area (Å²) in [5.74, 6) is -0.125. The van der Waals surface area contributed by atoms with Crippen LogP contribution in [0.5, 0.6) is 5.75 Å². The third-order valence-corrected chi connectivity index (χ3v) is 5.34. The first-order valence-corrected chi connectivity index (χ1v) is 8.71. The number of carboxylic acid groups (broad SMARTS) is 1.